The largest absolute Gasteiger partial charge is 0.465 e. The number of nitrogens with one attached hydrogen (secondary N) is 3. The minimum absolute atomic E-state index is 0.193. The van der Waals surface area contributed by atoms with Gasteiger partial charge in [-0.1, -0.05) is 12.1 Å². The molecule has 0 aliphatic carbocycles. The highest BCUT2D eigenvalue weighted by molar-refractivity contribution is 5.93. The van der Waals surface area contributed by atoms with Gasteiger partial charge in [0.2, 0.25) is 5.91 Å². The van der Waals surface area contributed by atoms with Crippen LogP contribution in [0.3, 0.4) is 0 Å². The van der Waals surface area contributed by atoms with Crippen LogP contribution in [0, 0.1) is 12.8 Å². The molecule has 3 heterocycles. The van der Waals surface area contributed by atoms with E-state index in [0.29, 0.717) is 12.3 Å². The van der Waals surface area contributed by atoms with Crippen LogP contribution in [0.1, 0.15) is 42.4 Å². The van der Waals surface area contributed by atoms with Gasteiger partial charge in [-0.05, 0) is 49.6 Å². The molecule has 1 amide bonds. The van der Waals surface area contributed by atoms with E-state index >= 15 is 0 Å². The van der Waals surface area contributed by atoms with Gasteiger partial charge < -0.3 is 14.6 Å². The third kappa shape index (κ3) is 4.24. The van der Waals surface area contributed by atoms with E-state index in [1.165, 1.54) is 5.56 Å². The summed E-state index contributed by atoms with van der Waals surface area (Å²) in [6.45, 7) is 5.44. The van der Waals surface area contributed by atoms with Crippen LogP contribution in [-0.2, 0) is 11.3 Å². The fraction of sp³-hybridized carbons (Fsp3) is 0.476. The first kappa shape index (κ1) is 18.2. The highest BCUT2D eigenvalue weighted by Crippen LogP contribution is 2.26. The SMILES string of the molecule is Cc1ccc(C2NNCC2CNCc2ccc(N3CCCCC3=O)cc2)o1. The number of rotatable bonds is 6. The first-order valence-corrected chi connectivity index (χ1v) is 9.85. The van der Waals surface area contributed by atoms with Gasteiger partial charge in [0.15, 0.2) is 0 Å². The molecule has 0 saturated carbocycles. The summed E-state index contributed by atoms with van der Waals surface area (Å²) in [6.07, 6.45) is 2.78. The Morgan fingerprint density at radius 2 is 2.04 bits per heavy atom. The fourth-order valence-corrected chi connectivity index (χ4v) is 3.92. The van der Waals surface area contributed by atoms with Crippen LogP contribution in [0.4, 0.5) is 5.69 Å². The zero-order valence-electron chi connectivity index (χ0n) is 15.8. The van der Waals surface area contributed by atoms with Crippen LogP contribution in [0.5, 0.6) is 0 Å². The Morgan fingerprint density at radius 1 is 1.19 bits per heavy atom. The first-order chi connectivity index (χ1) is 13.2. The van der Waals surface area contributed by atoms with Gasteiger partial charge >= 0.3 is 0 Å². The molecule has 2 atom stereocenters. The molecule has 6 nitrogen and oxygen atoms in total. The number of anilines is 1. The first-order valence-electron chi connectivity index (χ1n) is 9.85. The van der Waals surface area contributed by atoms with E-state index in [2.05, 4.69) is 40.4 Å². The molecule has 2 unspecified atom stereocenters. The number of nitrogens with zero attached hydrogens (tertiary/aromatic N) is 1. The average molecular weight is 368 g/mol. The predicted molar refractivity (Wildman–Crippen MR) is 105 cm³/mol. The van der Waals surface area contributed by atoms with E-state index in [1.54, 1.807) is 0 Å². The lowest BCUT2D eigenvalue weighted by molar-refractivity contribution is -0.119. The number of aryl methyl sites for hydroxylation is 1. The highest BCUT2D eigenvalue weighted by atomic mass is 16.3. The normalized spacial score (nSPS) is 23.1. The van der Waals surface area contributed by atoms with Crippen LogP contribution in [0.2, 0.25) is 0 Å². The maximum atomic E-state index is 12.0. The number of hydrazine groups is 1. The van der Waals surface area contributed by atoms with Crippen molar-refractivity contribution in [2.45, 2.75) is 38.8 Å². The molecule has 2 aliphatic heterocycles. The average Bonchev–Trinajstić information content (AvgIpc) is 3.31. The smallest absolute Gasteiger partial charge is 0.226 e. The number of piperidine rings is 1. The zero-order chi connectivity index (χ0) is 18.6. The van der Waals surface area contributed by atoms with E-state index < -0.39 is 0 Å². The summed E-state index contributed by atoms with van der Waals surface area (Å²) in [4.78, 5) is 14.0. The lowest BCUT2D eigenvalue weighted by atomic mass is 10.00. The molecular weight excluding hydrogens is 340 g/mol. The van der Waals surface area contributed by atoms with Gasteiger partial charge in [0.1, 0.15) is 11.5 Å². The molecule has 27 heavy (non-hydrogen) atoms. The fourth-order valence-electron chi connectivity index (χ4n) is 3.92. The molecule has 4 rings (SSSR count). The summed E-state index contributed by atoms with van der Waals surface area (Å²) in [6, 6.07) is 12.6. The van der Waals surface area contributed by atoms with E-state index in [1.807, 2.05) is 24.0 Å². The number of carbonyl (C=O) groups is 1. The van der Waals surface area contributed by atoms with E-state index in [9.17, 15) is 4.79 Å². The second kappa shape index (κ2) is 8.25. The Kier molecular flexibility index (Phi) is 5.57. The zero-order valence-corrected chi connectivity index (χ0v) is 15.8. The van der Waals surface area contributed by atoms with Crippen molar-refractivity contribution in [3.05, 3.63) is 53.5 Å². The van der Waals surface area contributed by atoms with Crippen LogP contribution >= 0.6 is 0 Å². The third-order valence-electron chi connectivity index (χ3n) is 5.47. The Balaban J connectivity index is 1.29. The van der Waals surface area contributed by atoms with Crippen LogP contribution in [0.25, 0.3) is 0 Å². The molecule has 2 aromatic rings. The lowest BCUT2D eigenvalue weighted by Crippen LogP contribution is -2.35. The monoisotopic (exact) mass is 368 g/mol. The maximum Gasteiger partial charge on any atom is 0.226 e. The number of benzene rings is 1. The third-order valence-corrected chi connectivity index (χ3v) is 5.47. The Labute approximate surface area is 160 Å². The van der Waals surface area contributed by atoms with Crippen molar-refractivity contribution < 1.29 is 9.21 Å². The highest BCUT2D eigenvalue weighted by Gasteiger charge is 2.30. The van der Waals surface area contributed by atoms with Crippen molar-refractivity contribution in [1.82, 2.24) is 16.2 Å². The van der Waals surface area contributed by atoms with Crippen molar-refractivity contribution in [1.29, 1.82) is 0 Å². The quantitative estimate of drug-likeness (QED) is 0.731. The molecule has 1 aromatic carbocycles. The number of carbonyl (C=O) groups excluding carboxylic acids is 1. The van der Waals surface area contributed by atoms with E-state index in [0.717, 1.165) is 56.2 Å². The van der Waals surface area contributed by atoms with Crippen LogP contribution in [-0.4, -0.2) is 25.5 Å². The number of amides is 1. The predicted octanol–water partition coefficient (Wildman–Crippen LogP) is 2.66. The molecular formula is C21H28N4O2. The van der Waals surface area contributed by atoms with Gasteiger partial charge in [0.25, 0.3) is 0 Å². The molecule has 2 fully saturated rings. The number of hydrogen-bond acceptors (Lipinski definition) is 5. The molecule has 1 aromatic heterocycles. The summed E-state index contributed by atoms with van der Waals surface area (Å²) in [5.41, 5.74) is 8.79. The molecule has 6 heteroatoms. The topological polar surface area (TPSA) is 69.5 Å². The van der Waals surface area contributed by atoms with Crippen molar-refractivity contribution in [2.24, 2.45) is 5.92 Å². The summed E-state index contributed by atoms with van der Waals surface area (Å²) >= 11 is 0. The molecule has 0 spiro atoms. The Bertz CT molecular complexity index is 771. The molecule has 2 saturated heterocycles. The molecule has 0 bridgehead atoms. The molecule has 0 radical (unpaired) electrons. The lowest BCUT2D eigenvalue weighted by Gasteiger charge is -2.27. The van der Waals surface area contributed by atoms with Crippen LogP contribution < -0.4 is 21.1 Å². The van der Waals surface area contributed by atoms with E-state index in [4.69, 9.17) is 4.42 Å². The number of hydrogen-bond donors (Lipinski definition) is 3. The standard InChI is InChI=1S/C21H28N4O2/c1-15-5-10-19(27-15)21-17(14-23-24-21)13-22-12-16-6-8-18(9-7-16)25-11-3-2-4-20(25)26/h5-10,17,21-24H,2-4,11-14H2,1H3. The maximum absolute atomic E-state index is 12.0. The van der Waals surface area contributed by atoms with Crippen molar-refractivity contribution >= 4 is 11.6 Å². The van der Waals surface area contributed by atoms with Gasteiger partial charge in [0.05, 0.1) is 6.04 Å². The summed E-state index contributed by atoms with van der Waals surface area (Å²) in [5, 5.41) is 3.56. The second-order valence-electron chi connectivity index (χ2n) is 7.51. The van der Waals surface area contributed by atoms with Gasteiger partial charge in [-0.2, -0.15) is 0 Å². The summed E-state index contributed by atoms with van der Waals surface area (Å²) in [7, 11) is 0. The minimum atomic E-state index is 0.193. The van der Waals surface area contributed by atoms with Crippen molar-refractivity contribution in [3.8, 4) is 0 Å². The summed E-state index contributed by atoms with van der Waals surface area (Å²) in [5.74, 6) is 2.60. The van der Waals surface area contributed by atoms with Gasteiger partial charge in [-0.15, -0.1) is 0 Å². The molecule has 3 N–H and O–H groups in total. The van der Waals surface area contributed by atoms with Crippen molar-refractivity contribution in [2.75, 3.05) is 24.5 Å². The Morgan fingerprint density at radius 3 is 2.78 bits per heavy atom. The van der Waals surface area contributed by atoms with Gasteiger partial charge in [-0.3, -0.25) is 10.2 Å². The van der Waals surface area contributed by atoms with E-state index in [-0.39, 0.29) is 11.9 Å². The van der Waals surface area contributed by atoms with Gasteiger partial charge in [0, 0.05) is 44.2 Å². The minimum Gasteiger partial charge on any atom is -0.465 e. The summed E-state index contributed by atoms with van der Waals surface area (Å²) < 4.78 is 5.78. The van der Waals surface area contributed by atoms with Gasteiger partial charge in [-0.25, -0.2) is 5.43 Å². The molecule has 144 valence electrons. The Hall–Kier alpha value is -2.15. The van der Waals surface area contributed by atoms with Crippen molar-refractivity contribution in [3.63, 3.8) is 0 Å². The number of furan rings is 1. The van der Waals surface area contributed by atoms with Crippen LogP contribution in [0.15, 0.2) is 40.8 Å². The molecule has 2 aliphatic rings. The second-order valence-corrected chi connectivity index (χ2v) is 7.51.